The van der Waals surface area contributed by atoms with Crippen molar-refractivity contribution < 1.29 is 9.18 Å². The summed E-state index contributed by atoms with van der Waals surface area (Å²) in [5.41, 5.74) is 1.25. The van der Waals surface area contributed by atoms with Crippen LogP contribution >= 0.6 is 11.6 Å². The summed E-state index contributed by atoms with van der Waals surface area (Å²) in [5, 5.41) is 9.32. The predicted octanol–water partition coefficient (Wildman–Crippen LogP) is 4.57. The molecule has 0 saturated carbocycles. The number of carbonyl (C=O) groups excluding carboxylic acids is 1. The number of amides is 1. The van der Waals surface area contributed by atoms with Crippen molar-refractivity contribution >= 4 is 34.6 Å². The molecule has 0 aromatic heterocycles. The van der Waals surface area contributed by atoms with Gasteiger partial charge in [0, 0.05) is 17.1 Å². The van der Waals surface area contributed by atoms with Crippen molar-refractivity contribution in [3.8, 4) is 0 Å². The molecule has 0 saturated heterocycles. The zero-order valence-electron chi connectivity index (χ0n) is 18.2. The lowest BCUT2D eigenvalue weighted by atomic mass is 9.81. The summed E-state index contributed by atoms with van der Waals surface area (Å²) >= 11 is 6.19. The Bertz CT molecular complexity index is 1320. The average Bonchev–Trinajstić information content (AvgIpc) is 3.12. The maximum absolute atomic E-state index is 13.8. The number of hydrogen-bond donors (Lipinski definition) is 3. The standard InChI is InChI=1S/C24H23ClFN3O3/c1-11-9-12(5-7-15(11)26)22(24(2,3)4)29-19-18(20(30)21(19)31)28-16-8-6-14(25)13-10-27-23(32)17(13)16/h5-9,22,28-29H,10H2,1-4H3,(H,27,32). The summed E-state index contributed by atoms with van der Waals surface area (Å²) in [7, 11) is 0. The van der Waals surface area contributed by atoms with E-state index >= 15 is 0 Å². The maximum Gasteiger partial charge on any atom is 0.254 e. The van der Waals surface area contributed by atoms with Crippen LogP contribution in [0.3, 0.4) is 0 Å². The van der Waals surface area contributed by atoms with E-state index < -0.39 is 10.9 Å². The number of nitrogens with one attached hydrogen (secondary N) is 3. The molecule has 1 unspecified atom stereocenters. The predicted molar refractivity (Wildman–Crippen MR) is 124 cm³/mol. The third kappa shape index (κ3) is 3.66. The zero-order chi connectivity index (χ0) is 23.4. The number of carbonyl (C=O) groups is 1. The van der Waals surface area contributed by atoms with Crippen LogP contribution in [0.2, 0.25) is 5.02 Å². The van der Waals surface area contributed by atoms with E-state index in [9.17, 15) is 18.8 Å². The van der Waals surface area contributed by atoms with Crippen LogP contribution < -0.4 is 26.8 Å². The molecule has 1 atom stereocenters. The molecule has 1 aliphatic heterocycles. The van der Waals surface area contributed by atoms with Crippen LogP contribution in [0.1, 0.15) is 53.9 Å². The Morgan fingerprint density at radius 2 is 1.75 bits per heavy atom. The highest BCUT2D eigenvalue weighted by molar-refractivity contribution is 6.32. The van der Waals surface area contributed by atoms with Crippen LogP contribution in [-0.2, 0) is 6.54 Å². The summed E-state index contributed by atoms with van der Waals surface area (Å²) in [5.74, 6) is -0.611. The fraction of sp³-hybridized carbons (Fsp3) is 0.292. The summed E-state index contributed by atoms with van der Waals surface area (Å²) < 4.78 is 13.8. The van der Waals surface area contributed by atoms with Gasteiger partial charge in [-0.3, -0.25) is 14.4 Å². The number of benzene rings is 2. The Morgan fingerprint density at radius 1 is 1.06 bits per heavy atom. The summed E-state index contributed by atoms with van der Waals surface area (Å²) in [6.45, 7) is 7.93. The van der Waals surface area contributed by atoms with Crippen molar-refractivity contribution in [2.45, 2.75) is 40.3 Å². The lowest BCUT2D eigenvalue weighted by Crippen LogP contribution is -2.39. The van der Waals surface area contributed by atoms with Gasteiger partial charge in [0.05, 0.1) is 17.3 Å². The third-order valence-corrected chi connectivity index (χ3v) is 6.10. The fourth-order valence-electron chi connectivity index (χ4n) is 3.99. The number of hydrogen-bond acceptors (Lipinski definition) is 5. The van der Waals surface area contributed by atoms with Gasteiger partial charge < -0.3 is 16.0 Å². The van der Waals surface area contributed by atoms with E-state index in [1.165, 1.54) is 6.07 Å². The molecule has 1 amide bonds. The Morgan fingerprint density at radius 3 is 2.41 bits per heavy atom. The van der Waals surface area contributed by atoms with Gasteiger partial charge in [-0.1, -0.05) is 44.5 Å². The van der Waals surface area contributed by atoms with Crippen molar-refractivity contribution in [1.29, 1.82) is 0 Å². The SMILES string of the molecule is Cc1cc(C(Nc2c(Nc3ccc(Cl)c4c3C(=O)NC4)c(=O)c2=O)C(C)(C)C)ccc1F. The molecule has 1 heterocycles. The second-order valence-electron chi connectivity index (χ2n) is 9.12. The van der Waals surface area contributed by atoms with Crippen molar-refractivity contribution in [2.24, 2.45) is 5.41 Å². The van der Waals surface area contributed by atoms with Gasteiger partial charge in [-0.05, 0) is 41.7 Å². The number of anilines is 3. The molecule has 3 aromatic carbocycles. The monoisotopic (exact) mass is 455 g/mol. The van der Waals surface area contributed by atoms with Crippen LogP contribution in [0.15, 0.2) is 39.9 Å². The van der Waals surface area contributed by atoms with Gasteiger partial charge in [0.15, 0.2) is 0 Å². The highest BCUT2D eigenvalue weighted by Crippen LogP contribution is 2.38. The van der Waals surface area contributed by atoms with Gasteiger partial charge in [0.25, 0.3) is 16.8 Å². The van der Waals surface area contributed by atoms with E-state index in [0.29, 0.717) is 33.9 Å². The van der Waals surface area contributed by atoms with Crippen LogP contribution in [0.4, 0.5) is 21.5 Å². The van der Waals surface area contributed by atoms with Crippen LogP contribution in [0, 0.1) is 18.2 Å². The Labute approximate surface area is 189 Å². The molecule has 32 heavy (non-hydrogen) atoms. The summed E-state index contributed by atoms with van der Waals surface area (Å²) in [4.78, 5) is 37.1. The highest BCUT2D eigenvalue weighted by Gasteiger charge is 2.32. The van der Waals surface area contributed by atoms with Gasteiger partial charge in [-0.2, -0.15) is 0 Å². The normalized spacial score (nSPS) is 14.2. The molecule has 8 heteroatoms. The molecule has 0 spiro atoms. The van der Waals surface area contributed by atoms with Crippen molar-refractivity contribution in [3.63, 3.8) is 0 Å². The zero-order valence-corrected chi connectivity index (χ0v) is 18.9. The molecule has 4 rings (SSSR count). The molecular weight excluding hydrogens is 433 g/mol. The number of rotatable bonds is 5. The lowest BCUT2D eigenvalue weighted by Gasteiger charge is -2.34. The second kappa shape index (κ2) is 7.74. The molecule has 166 valence electrons. The smallest absolute Gasteiger partial charge is 0.254 e. The van der Waals surface area contributed by atoms with Crippen molar-refractivity contribution in [1.82, 2.24) is 5.32 Å². The van der Waals surface area contributed by atoms with Gasteiger partial charge in [0.1, 0.15) is 17.2 Å². The van der Waals surface area contributed by atoms with E-state index in [-0.39, 0.29) is 34.6 Å². The largest absolute Gasteiger partial charge is 0.373 e. The van der Waals surface area contributed by atoms with Crippen LogP contribution in [0.25, 0.3) is 0 Å². The Hall–Kier alpha value is -3.19. The topological polar surface area (TPSA) is 87.3 Å². The minimum atomic E-state index is -0.669. The Balaban J connectivity index is 1.72. The molecule has 0 fully saturated rings. The number of halogens is 2. The first-order chi connectivity index (χ1) is 15.0. The highest BCUT2D eigenvalue weighted by atomic mass is 35.5. The summed E-state index contributed by atoms with van der Waals surface area (Å²) in [6, 6.07) is 7.67. The van der Waals surface area contributed by atoms with Crippen molar-refractivity contribution in [3.05, 3.63) is 83.9 Å². The first kappa shape index (κ1) is 22.0. The van der Waals surface area contributed by atoms with E-state index in [0.717, 1.165) is 5.56 Å². The average molecular weight is 456 g/mol. The quantitative estimate of drug-likeness (QED) is 0.490. The van der Waals surface area contributed by atoms with E-state index in [1.54, 1.807) is 31.2 Å². The van der Waals surface area contributed by atoms with Gasteiger partial charge in [-0.25, -0.2) is 4.39 Å². The molecule has 3 aromatic rings. The Kier molecular flexibility index (Phi) is 5.33. The fourth-order valence-corrected chi connectivity index (χ4v) is 4.22. The van der Waals surface area contributed by atoms with E-state index in [1.807, 2.05) is 20.8 Å². The minimum Gasteiger partial charge on any atom is -0.373 e. The molecule has 1 aliphatic rings. The molecule has 3 N–H and O–H groups in total. The van der Waals surface area contributed by atoms with Crippen molar-refractivity contribution in [2.75, 3.05) is 10.6 Å². The first-order valence-electron chi connectivity index (χ1n) is 10.2. The maximum atomic E-state index is 13.8. The molecule has 0 aliphatic carbocycles. The van der Waals surface area contributed by atoms with Gasteiger partial charge in [-0.15, -0.1) is 0 Å². The number of fused-ring (bicyclic) bond motifs is 1. The van der Waals surface area contributed by atoms with Gasteiger partial charge in [0.2, 0.25) is 0 Å². The lowest BCUT2D eigenvalue weighted by molar-refractivity contribution is 0.0966. The first-order valence-corrected chi connectivity index (χ1v) is 10.6. The molecule has 0 bridgehead atoms. The second-order valence-corrected chi connectivity index (χ2v) is 9.52. The summed E-state index contributed by atoms with van der Waals surface area (Å²) in [6.07, 6.45) is 0. The van der Waals surface area contributed by atoms with E-state index in [2.05, 4.69) is 16.0 Å². The van der Waals surface area contributed by atoms with Crippen LogP contribution in [-0.4, -0.2) is 5.91 Å². The third-order valence-electron chi connectivity index (χ3n) is 5.75. The van der Waals surface area contributed by atoms with E-state index in [4.69, 9.17) is 11.6 Å². The van der Waals surface area contributed by atoms with Gasteiger partial charge >= 0.3 is 0 Å². The number of aryl methyl sites for hydroxylation is 1. The molecule has 6 nitrogen and oxygen atoms in total. The molecular formula is C24H23ClFN3O3. The van der Waals surface area contributed by atoms with Crippen LogP contribution in [0.5, 0.6) is 0 Å². The minimum absolute atomic E-state index is 0.0901. The molecule has 0 radical (unpaired) electrons.